The number of carbonyl (C=O) groups is 3. The SMILES string of the molecule is COC(=O)NC(C(=O)N1CCCC1c1ncc(-c2ccc(-c3ccc(-c4cnc[nH]4)cc3)cc2)[nH]1)C(C)OC.O=C(NCc1nccs1)C1CC2CCC1C2. The van der Waals surface area contributed by atoms with E-state index in [1.807, 2.05) is 5.38 Å². The molecule has 6 unspecified atom stereocenters. The van der Waals surface area contributed by atoms with Gasteiger partial charge in [-0.05, 0) is 73.1 Å². The lowest BCUT2D eigenvalue weighted by molar-refractivity contribution is -0.137. The molecule has 0 radical (unpaired) electrons. The second kappa shape index (κ2) is 17.4. The molecule has 8 rings (SSSR count). The summed E-state index contributed by atoms with van der Waals surface area (Å²) < 4.78 is 10.1. The smallest absolute Gasteiger partial charge is 0.407 e. The Hall–Kier alpha value is -5.34. The van der Waals surface area contributed by atoms with Crippen LogP contribution in [0.5, 0.6) is 0 Å². The number of thiazole rings is 1. The Morgan fingerprint density at radius 2 is 1.65 bits per heavy atom. The number of amides is 3. The molecule has 288 valence electrons. The van der Waals surface area contributed by atoms with Crippen molar-refractivity contribution in [2.24, 2.45) is 17.8 Å². The maximum absolute atomic E-state index is 13.4. The van der Waals surface area contributed by atoms with Gasteiger partial charge in [0.05, 0.1) is 55.9 Å². The van der Waals surface area contributed by atoms with E-state index >= 15 is 0 Å². The third-order valence-corrected chi connectivity index (χ3v) is 12.0. The molecule has 2 bridgehead atoms. The van der Waals surface area contributed by atoms with E-state index in [-0.39, 0.29) is 17.9 Å². The standard InChI is InChI=1S/C29H32N6O4.C12H16N2OS/c1-18(38-2)26(34-29(37)39-3)28(36)35-14-4-5-25(35)27-31-16-24(33-27)22-12-8-20(9-13-22)19-6-10-21(11-7-19)23-15-30-17-32-23;15-12(14-7-11-13-3-4-16-11)10-6-8-1-2-9(10)5-8/h6-13,15-18,25-26H,4-5,14H2,1-3H3,(H,30,32)(H,31,33)(H,34,37);3-4,8-10H,1-2,5-7H2,(H,14,15). The van der Waals surface area contributed by atoms with Crippen LogP contribution < -0.4 is 10.6 Å². The minimum absolute atomic E-state index is 0.218. The van der Waals surface area contributed by atoms with E-state index in [1.54, 1.807) is 48.1 Å². The summed E-state index contributed by atoms with van der Waals surface area (Å²) in [5, 5.41) is 8.57. The lowest BCUT2D eigenvalue weighted by Crippen LogP contribution is -2.54. The number of aromatic nitrogens is 5. The molecule has 6 atom stereocenters. The predicted molar refractivity (Wildman–Crippen MR) is 209 cm³/mol. The molecular weight excluding hydrogens is 717 g/mol. The van der Waals surface area contributed by atoms with E-state index < -0.39 is 18.2 Å². The molecule has 5 aromatic rings. The molecule has 1 saturated heterocycles. The van der Waals surface area contributed by atoms with Gasteiger partial charge in [-0.25, -0.2) is 19.7 Å². The maximum Gasteiger partial charge on any atom is 0.407 e. The number of alkyl carbamates (subject to hydrolysis) is 1. The molecule has 14 heteroatoms. The molecule has 0 spiro atoms. The van der Waals surface area contributed by atoms with Crippen molar-refractivity contribution in [2.75, 3.05) is 20.8 Å². The normalized spacial score (nSPS) is 21.0. The summed E-state index contributed by atoms with van der Waals surface area (Å²) in [6.07, 6.45) is 12.5. The van der Waals surface area contributed by atoms with E-state index in [1.165, 1.54) is 33.5 Å². The van der Waals surface area contributed by atoms with E-state index in [9.17, 15) is 14.4 Å². The van der Waals surface area contributed by atoms with Crippen molar-refractivity contribution in [3.63, 3.8) is 0 Å². The minimum atomic E-state index is -0.862. The number of hydrogen-bond acceptors (Lipinski definition) is 9. The van der Waals surface area contributed by atoms with Crippen molar-refractivity contribution in [3.8, 4) is 33.6 Å². The Kier molecular flexibility index (Phi) is 12.0. The van der Waals surface area contributed by atoms with Gasteiger partial charge in [-0.15, -0.1) is 11.3 Å². The van der Waals surface area contributed by atoms with Crippen LogP contribution in [0, 0.1) is 17.8 Å². The van der Waals surface area contributed by atoms with Crippen LogP contribution in [0.25, 0.3) is 33.6 Å². The zero-order valence-electron chi connectivity index (χ0n) is 31.4. The first-order chi connectivity index (χ1) is 26.8. The number of methoxy groups -OCH3 is 2. The number of benzene rings is 2. The fourth-order valence-corrected chi connectivity index (χ4v) is 8.70. The van der Waals surface area contributed by atoms with Gasteiger partial charge < -0.3 is 35.0 Å². The Balaban J connectivity index is 0.000000240. The highest BCUT2D eigenvalue weighted by molar-refractivity contribution is 7.09. The molecule has 2 saturated carbocycles. The summed E-state index contributed by atoms with van der Waals surface area (Å²) in [7, 11) is 2.77. The number of nitrogens with one attached hydrogen (secondary N) is 4. The lowest BCUT2D eigenvalue weighted by atomic mass is 9.88. The third-order valence-electron chi connectivity index (χ3n) is 11.2. The molecule has 4 heterocycles. The van der Waals surface area contributed by atoms with Crippen molar-refractivity contribution in [3.05, 3.63) is 89.7 Å². The molecule has 3 amide bonds. The van der Waals surface area contributed by atoms with E-state index in [0.717, 1.165) is 69.7 Å². The van der Waals surface area contributed by atoms with Gasteiger partial charge in [0, 0.05) is 31.1 Å². The summed E-state index contributed by atoms with van der Waals surface area (Å²) in [6.45, 7) is 2.92. The fraction of sp³-hybridized carbons (Fsp3) is 0.415. The molecule has 4 N–H and O–H groups in total. The van der Waals surface area contributed by atoms with Crippen LogP contribution in [0.1, 0.15) is 62.3 Å². The number of ether oxygens (including phenoxy) is 2. The Morgan fingerprint density at radius 1 is 0.927 bits per heavy atom. The Labute approximate surface area is 324 Å². The van der Waals surface area contributed by atoms with Gasteiger partial charge in [0.25, 0.3) is 0 Å². The molecule has 55 heavy (non-hydrogen) atoms. The van der Waals surface area contributed by atoms with E-state index in [0.29, 0.717) is 24.9 Å². The maximum atomic E-state index is 13.4. The topological polar surface area (TPSA) is 167 Å². The summed E-state index contributed by atoms with van der Waals surface area (Å²) >= 11 is 1.60. The van der Waals surface area contributed by atoms with Crippen molar-refractivity contribution in [1.29, 1.82) is 0 Å². The van der Waals surface area contributed by atoms with E-state index in [4.69, 9.17) is 9.47 Å². The zero-order valence-corrected chi connectivity index (χ0v) is 32.2. The van der Waals surface area contributed by atoms with Crippen LogP contribution in [0.3, 0.4) is 0 Å². The predicted octanol–water partition coefficient (Wildman–Crippen LogP) is 6.75. The second-order valence-electron chi connectivity index (χ2n) is 14.5. The lowest BCUT2D eigenvalue weighted by Gasteiger charge is -2.30. The van der Waals surface area contributed by atoms with Crippen molar-refractivity contribution < 1.29 is 23.9 Å². The average Bonchev–Trinajstić information content (AvgIpc) is 4.09. The highest BCUT2D eigenvalue weighted by atomic mass is 32.1. The highest BCUT2D eigenvalue weighted by Gasteiger charge is 2.43. The number of hydrogen-bond donors (Lipinski definition) is 4. The molecular formula is C41H48N8O5S. The van der Waals surface area contributed by atoms with Crippen LogP contribution in [-0.2, 0) is 25.6 Å². The summed E-state index contributed by atoms with van der Waals surface area (Å²) in [6, 6.07) is 15.5. The first-order valence-corrected chi connectivity index (χ1v) is 19.8. The largest absolute Gasteiger partial charge is 0.453 e. The summed E-state index contributed by atoms with van der Waals surface area (Å²) in [5.74, 6) is 2.54. The summed E-state index contributed by atoms with van der Waals surface area (Å²) in [5.41, 5.74) is 6.18. The van der Waals surface area contributed by atoms with Gasteiger partial charge in [0.2, 0.25) is 11.8 Å². The second-order valence-corrected chi connectivity index (χ2v) is 15.5. The quantitative estimate of drug-likeness (QED) is 0.115. The molecule has 13 nitrogen and oxygen atoms in total. The van der Waals surface area contributed by atoms with Crippen molar-refractivity contribution in [1.82, 2.24) is 40.5 Å². The molecule has 3 fully saturated rings. The highest BCUT2D eigenvalue weighted by Crippen LogP contribution is 2.48. The van der Waals surface area contributed by atoms with E-state index in [2.05, 4.69) is 84.1 Å². The number of carbonyl (C=O) groups excluding carboxylic acids is 3. The number of imidazole rings is 2. The van der Waals surface area contributed by atoms with Gasteiger partial charge >= 0.3 is 6.09 Å². The van der Waals surface area contributed by atoms with Crippen LogP contribution >= 0.6 is 11.3 Å². The molecule has 1 aliphatic heterocycles. The van der Waals surface area contributed by atoms with Crippen LogP contribution in [-0.4, -0.2) is 80.6 Å². The molecule has 2 aromatic carbocycles. The Bertz CT molecular complexity index is 2020. The number of aromatic amines is 2. The van der Waals surface area contributed by atoms with Crippen LogP contribution in [0.4, 0.5) is 4.79 Å². The first kappa shape index (κ1) is 38.0. The monoisotopic (exact) mass is 764 g/mol. The minimum Gasteiger partial charge on any atom is -0.453 e. The van der Waals surface area contributed by atoms with Crippen LogP contribution in [0.2, 0.25) is 0 Å². The first-order valence-electron chi connectivity index (χ1n) is 18.9. The van der Waals surface area contributed by atoms with Gasteiger partial charge in [-0.3, -0.25) is 9.59 Å². The van der Waals surface area contributed by atoms with Gasteiger partial charge in [0.1, 0.15) is 16.9 Å². The van der Waals surface area contributed by atoms with Crippen molar-refractivity contribution >= 4 is 29.2 Å². The number of nitrogens with zero attached hydrogens (tertiary/aromatic N) is 4. The zero-order chi connectivity index (χ0) is 38.3. The van der Waals surface area contributed by atoms with Gasteiger partial charge in [0.15, 0.2) is 0 Å². The number of likely N-dealkylation sites (tertiary alicyclic amines) is 1. The van der Waals surface area contributed by atoms with Gasteiger partial charge in [-0.1, -0.05) is 55.0 Å². The van der Waals surface area contributed by atoms with Crippen LogP contribution in [0.15, 0.2) is 78.8 Å². The molecule has 2 aliphatic carbocycles. The number of H-pyrrole nitrogens is 2. The van der Waals surface area contributed by atoms with Gasteiger partial charge in [-0.2, -0.15) is 0 Å². The number of fused-ring (bicyclic) bond motifs is 2. The average molecular weight is 765 g/mol. The van der Waals surface area contributed by atoms with Crippen molar-refractivity contribution in [2.45, 2.75) is 70.2 Å². The third kappa shape index (κ3) is 8.81. The Morgan fingerprint density at radius 3 is 2.25 bits per heavy atom. The summed E-state index contributed by atoms with van der Waals surface area (Å²) in [4.78, 5) is 58.5. The molecule has 3 aromatic heterocycles. The number of rotatable bonds is 11. The fourth-order valence-electron chi connectivity index (χ4n) is 8.15. The molecule has 3 aliphatic rings.